The first kappa shape index (κ1) is 13.4. The second-order valence-corrected chi connectivity index (χ2v) is 4.95. The van der Waals surface area contributed by atoms with E-state index >= 15 is 0 Å². The molecule has 0 unspecified atom stereocenters. The number of benzene rings is 1. The maximum atomic E-state index is 9.05. The Bertz CT molecular complexity index is 674. The summed E-state index contributed by atoms with van der Waals surface area (Å²) in [4.78, 5) is 10.3. The molecule has 2 aromatic rings. The van der Waals surface area contributed by atoms with Crippen LogP contribution in [0.5, 0.6) is 5.75 Å². The van der Waals surface area contributed by atoms with Crippen molar-refractivity contribution in [1.29, 1.82) is 5.26 Å². The lowest BCUT2D eigenvalue weighted by molar-refractivity contribution is 0.165. The van der Waals surface area contributed by atoms with Crippen LogP contribution in [0.3, 0.4) is 0 Å². The fraction of sp³-hybridized carbons (Fsp3) is 0.312. The molecule has 21 heavy (non-hydrogen) atoms. The third kappa shape index (κ3) is 2.65. The third-order valence-corrected chi connectivity index (χ3v) is 3.58. The number of aromatic nitrogens is 2. The molecule has 1 aliphatic heterocycles. The highest BCUT2D eigenvalue weighted by Crippen LogP contribution is 2.26. The lowest BCUT2D eigenvalue weighted by atomic mass is 10.1. The van der Waals surface area contributed by atoms with Crippen LogP contribution >= 0.6 is 0 Å². The topological polar surface area (TPSA) is 62.0 Å². The Morgan fingerprint density at radius 2 is 2.05 bits per heavy atom. The minimum absolute atomic E-state index is 0.131. The van der Waals surface area contributed by atoms with Crippen LogP contribution in [0.1, 0.15) is 18.2 Å². The largest absolute Gasteiger partial charge is 0.486 e. The Morgan fingerprint density at radius 1 is 1.29 bits per heavy atom. The summed E-state index contributed by atoms with van der Waals surface area (Å²) >= 11 is 0. The van der Waals surface area contributed by atoms with Crippen molar-refractivity contribution in [2.75, 3.05) is 18.0 Å². The molecular formula is C16H16N4O. The van der Waals surface area contributed by atoms with Crippen molar-refractivity contribution in [3.63, 3.8) is 0 Å². The average molecular weight is 280 g/mol. The van der Waals surface area contributed by atoms with Gasteiger partial charge in [0.25, 0.3) is 0 Å². The number of hydrogen-bond acceptors (Lipinski definition) is 5. The van der Waals surface area contributed by atoms with Crippen LogP contribution < -0.4 is 9.64 Å². The fourth-order valence-corrected chi connectivity index (χ4v) is 2.42. The standard InChI is InChI=1S/C16H16N4O/c1-2-12-5-3-4-6-15(12)21-13-10-20(11-13)16-14(9-17)18-7-8-19-16/h3-8,13H,2,10-11H2,1H3. The van der Waals surface area contributed by atoms with E-state index in [4.69, 9.17) is 10.00 Å². The van der Waals surface area contributed by atoms with E-state index in [-0.39, 0.29) is 6.10 Å². The van der Waals surface area contributed by atoms with Crippen LogP contribution in [0.15, 0.2) is 36.7 Å². The molecule has 0 aliphatic carbocycles. The van der Waals surface area contributed by atoms with Crippen molar-refractivity contribution in [1.82, 2.24) is 9.97 Å². The van der Waals surface area contributed by atoms with Gasteiger partial charge in [-0.05, 0) is 18.1 Å². The second-order valence-electron chi connectivity index (χ2n) is 4.95. The zero-order valence-electron chi connectivity index (χ0n) is 11.9. The number of nitrogens with zero attached hydrogens (tertiary/aromatic N) is 4. The summed E-state index contributed by atoms with van der Waals surface area (Å²) in [6.07, 6.45) is 4.23. The molecule has 0 saturated carbocycles. The number of para-hydroxylation sites is 1. The summed E-state index contributed by atoms with van der Waals surface area (Å²) in [5, 5.41) is 9.05. The number of ether oxygens (including phenoxy) is 1. The second kappa shape index (κ2) is 5.80. The third-order valence-electron chi connectivity index (χ3n) is 3.58. The molecule has 1 fully saturated rings. The SMILES string of the molecule is CCc1ccccc1OC1CN(c2nccnc2C#N)C1. The summed E-state index contributed by atoms with van der Waals surface area (Å²) in [6.45, 7) is 3.57. The van der Waals surface area contributed by atoms with E-state index in [1.54, 1.807) is 6.20 Å². The molecule has 106 valence electrons. The van der Waals surface area contributed by atoms with Gasteiger partial charge >= 0.3 is 0 Å². The number of aryl methyl sites for hydroxylation is 1. The molecule has 1 aromatic carbocycles. The Labute approximate surface area is 123 Å². The molecule has 0 amide bonds. The van der Waals surface area contributed by atoms with Gasteiger partial charge in [0.15, 0.2) is 11.5 Å². The smallest absolute Gasteiger partial charge is 0.183 e. The molecule has 0 bridgehead atoms. The van der Waals surface area contributed by atoms with E-state index in [0.717, 1.165) is 25.3 Å². The van der Waals surface area contributed by atoms with Gasteiger partial charge in [-0.1, -0.05) is 25.1 Å². The summed E-state index contributed by atoms with van der Waals surface area (Å²) in [5.41, 5.74) is 1.58. The van der Waals surface area contributed by atoms with Gasteiger partial charge in [-0.2, -0.15) is 5.26 Å². The van der Waals surface area contributed by atoms with Crippen molar-refractivity contribution >= 4 is 5.82 Å². The highest BCUT2D eigenvalue weighted by atomic mass is 16.5. The van der Waals surface area contributed by atoms with Gasteiger partial charge in [-0.25, -0.2) is 9.97 Å². The number of rotatable bonds is 4. The van der Waals surface area contributed by atoms with Crippen LogP contribution in [-0.2, 0) is 6.42 Å². The minimum Gasteiger partial charge on any atom is -0.486 e. The van der Waals surface area contributed by atoms with Gasteiger partial charge < -0.3 is 9.64 Å². The predicted octanol–water partition coefficient (Wildman–Crippen LogP) is 2.18. The highest BCUT2D eigenvalue weighted by Gasteiger charge is 2.31. The molecule has 5 heteroatoms. The van der Waals surface area contributed by atoms with Gasteiger partial charge in [0, 0.05) is 12.4 Å². The molecule has 2 heterocycles. The summed E-state index contributed by atoms with van der Waals surface area (Å²) in [5.74, 6) is 1.59. The maximum absolute atomic E-state index is 9.05. The summed E-state index contributed by atoms with van der Waals surface area (Å²) < 4.78 is 6.02. The molecule has 1 aromatic heterocycles. The normalized spacial score (nSPS) is 14.4. The number of hydrogen-bond donors (Lipinski definition) is 0. The Morgan fingerprint density at radius 3 is 2.81 bits per heavy atom. The van der Waals surface area contributed by atoms with E-state index in [1.807, 2.05) is 23.1 Å². The molecule has 1 saturated heterocycles. The molecular weight excluding hydrogens is 264 g/mol. The molecule has 0 atom stereocenters. The lowest BCUT2D eigenvalue weighted by Gasteiger charge is -2.40. The van der Waals surface area contributed by atoms with E-state index in [0.29, 0.717) is 11.5 Å². The molecule has 1 aliphatic rings. The van der Waals surface area contributed by atoms with Crippen molar-refractivity contribution in [2.24, 2.45) is 0 Å². The highest BCUT2D eigenvalue weighted by molar-refractivity contribution is 5.52. The predicted molar refractivity (Wildman–Crippen MR) is 79.2 cm³/mol. The monoisotopic (exact) mass is 280 g/mol. The first-order valence-electron chi connectivity index (χ1n) is 7.02. The zero-order chi connectivity index (χ0) is 14.7. The van der Waals surface area contributed by atoms with Gasteiger partial charge in [0.2, 0.25) is 0 Å². The Kier molecular flexibility index (Phi) is 3.69. The van der Waals surface area contributed by atoms with Gasteiger partial charge in [0.1, 0.15) is 17.9 Å². The van der Waals surface area contributed by atoms with E-state index in [1.165, 1.54) is 11.8 Å². The van der Waals surface area contributed by atoms with E-state index < -0.39 is 0 Å². The van der Waals surface area contributed by atoms with Gasteiger partial charge in [-0.3, -0.25) is 0 Å². The fourth-order valence-electron chi connectivity index (χ4n) is 2.42. The number of nitriles is 1. The van der Waals surface area contributed by atoms with Crippen LogP contribution in [0.4, 0.5) is 5.82 Å². The van der Waals surface area contributed by atoms with E-state index in [9.17, 15) is 0 Å². The minimum atomic E-state index is 0.131. The zero-order valence-corrected chi connectivity index (χ0v) is 11.9. The summed E-state index contributed by atoms with van der Waals surface area (Å²) in [6, 6.07) is 10.2. The first-order chi connectivity index (χ1) is 10.3. The first-order valence-corrected chi connectivity index (χ1v) is 7.02. The molecule has 5 nitrogen and oxygen atoms in total. The Balaban J connectivity index is 1.65. The molecule has 0 radical (unpaired) electrons. The van der Waals surface area contributed by atoms with Crippen molar-refractivity contribution in [3.8, 4) is 11.8 Å². The van der Waals surface area contributed by atoms with Crippen LogP contribution in [0.2, 0.25) is 0 Å². The summed E-state index contributed by atoms with van der Waals surface area (Å²) in [7, 11) is 0. The molecule has 0 spiro atoms. The number of anilines is 1. The quantitative estimate of drug-likeness (QED) is 0.859. The van der Waals surface area contributed by atoms with Crippen molar-refractivity contribution < 1.29 is 4.74 Å². The molecule has 3 rings (SSSR count). The van der Waals surface area contributed by atoms with Crippen LogP contribution in [-0.4, -0.2) is 29.2 Å². The Hall–Kier alpha value is -2.61. The molecule has 0 N–H and O–H groups in total. The van der Waals surface area contributed by atoms with Gasteiger partial charge in [0.05, 0.1) is 13.1 Å². The van der Waals surface area contributed by atoms with Gasteiger partial charge in [-0.15, -0.1) is 0 Å². The van der Waals surface area contributed by atoms with E-state index in [2.05, 4.69) is 29.0 Å². The maximum Gasteiger partial charge on any atom is 0.183 e. The van der Waals surface area contributed by atoms with Crippen LogP contribution in [0, 0.1) is 11.3 Å². The average Bonchev–Trinajstić information content (AvgIpc) is 2.51. The van der Waals surface area contributed by atoms with Crippen molar-refractivity contribution in [3.05, 3.63) is 47.9 Å². The lowest BCUT2D eigenvalue weighted by Crippen LogP contribution is -2.54. The van der Waals surface area contributed by atoms with Crippen molar-refractivity contribution in [2.45, 2.75) is 19.4 Å². The van der Waals surface area contributed by atoms with Crippen LogP contribution in [0.25, 0.3) is 0 Å².